The van der Waals surface area contributed by atoms with Crippen molar-refractivity contribution in [3.05, 3.63) is 0 Å². The van der Waals surface area contributed by atoms with Crippen LogP contribution in [-0.4, -0.2) is 48.3 Å². The van der Waals surface area contributed by atoms with Gasteiger partial charge in [0.25, 0.3) is 0 Å². The van der Waals surface area contributed by atoms with Gasteiger partial charge in [-0.1, -0.05) is 19.3 Å². The summed E-state index contributed by atoms with van der Waals surface area (Å²) < 4.78 is 4.73. The fourth-order valence-corrected chi connectivity index (χ4v) is 3.71. The number of methoxy groups -OCH3 is 1. The molecule has 1 heterocycles. The van der Waals surface area contributed by atoms with Crippen molar-refractivity contribution in [2.24, 2.45) is 5.92 Å². The van der Waals surface area contributed by atoms with Gasteiger partial charge in [-0.3, -0.25) is 9.69 Å². The molecule has 0 radical (unpaired) electrons. The Kier molecular flexibility index (Phi) is 5.64. The quantitative estimate of drug-likeness (QED) is 0.793. The minimum atomic E-state index is -0.141. The number of carbonyl (C=O) groups is 1. The minimum absolute atomic E-state index is 0.131. The Bertz CT molecular complexity index is 295. The van der Waals surface area contributed by atoms with E-state index in [2.05, 4.69) is 4.90 Å². The molecule has 110 valence electrons. The highest BCUT2D eigenvalue weighted by Crippen LogP contribution is 2.34. The van der Waals surface area contributed by atoms with Gasteiger partial charge in [0.1, 0.15) is 0 Å². The maximum atomic E-state index is 11.3. The Labute approximate surface area is 116 Å². The topological polar surface area (TPSA) is 49.8 Å². The number of piperidine rings is 1. The van der Waals surface area contributed by atoms with Crippen LogP contribution in [0, 0.1) is 5.92 Å². The van der Waals surface area contributed by atoms with Crippen molar-refractivity contribution in [3.63, 3.8) is 0 Å². The number of ether oxygens (including phenoxy) is 1. The van der Waals surface area contributed by atoms with Gasteiger partial charge in [-0.2, -0.15) is 0 Å². The lowest BCUT2D eigenvalue weighted by molar-refractivity contribution is -0.141. The third kappa shape index (κ3) is 3.93. The second-order valence-electron chi connectivity index (χ2n) is 5.94. The molecule has 1 aliphatic carbocycles. The Morgan fingerprint density at radius 2 is 1.95 bits per heavy atom. The van der Waals surface area contributed by atoms with Crippen molar-refractivity contribution in [2.75, 3.05) is 20.2 Å². The van der Waals surface area contributed by atoms with E-state index in [1.165, 1.54) is 32.8 Å². The van der Waals surface area contributed by atoms with Crippen molar-refractivity contribution in [2.45, 2.75) is 63.5 Å². The first-order valence-corrected chi connectivity index (χ1v) is 7.71. The molecular weight excluding hydrogens is 242 g/mol. The Morgan fingerprint density at radius 3 is 2.68 bits per heavy atom. The van der Waals surface area contributed by atoms with Gasteiger partial charge in [-0.25, -0.2) is 0 Å². The van der Waals surface area contributed by atoms with Crippen LogP contribution < -0.4 is 0 Å². The summed E-state index contributed by atoms with van der Waals surface area (Å²) in [5.41, 5.74) is 0. The average molecular weight is 269 g/mol. The highest BCUT2D eigenvalue weighted by Gasteiger charge is 2.35. The van der Waals surface area contributed by atoms with Crippen molar-refractivity contribution >= 4 is 5.97 Å². The molecule has 1 saturated heterocycles. The van der Waals surface area contributed by atoms with Crippen LogP contribution in [0.5, 0.6) is 0 Å². The summed E-state index contributed by atoms with van der Waals surface area (Å²) in [6, 6.07) is 0.466. The molecule has 1 saturated carbocycles. The zero-order chi connectivity index (χ0) is 13.7. The molecule has 0 amide bonds. The fourth-order valence-electron chi connectivity index (χ4n) is 3.71. The molecule has 1 aliphatic heterocycles. The lowest BCUT2D eigenvalue weighted by atomic mass is 9.78. The lowest BCUT2D eigenvalue weighted by Gasteiger charge is -2.43. The maximum absolute atomic E-state index is 11.3. The monoisotopic (exact) mass is 269 g/mol. The highest BCUT2D eigenvalue weighted by atomic mass is 16.5. The molecule has 4 heteroatoms. The van der Waals surface area contributed by atoms with E-state index in [-0.39, 0.29) is 12.1 Å². The minimum Gasteiger partial charge on any atom is -0.469 e. The summed E-state index contributed by atoms with van der Waals surface area (Å²) in [5, 5.41) is 10.2. The average Bonchev–Trinajstić information content (AvgIpc) is 2.45. The SMILES string of the molecule is COC(=O)CCN1CCCCC1C1CCCCC1O. The summed E-state index contributed by atoms with van der Waals surface area (Å²) in [4.78, 5) is 13.7. The molecule has 0 aromatic rings. The van der Waals surface area contributed by atoms with Gasteiger partial charge in [-0.15, -0.1) is 0 Å². The first-order chi connectivity index (χ1) is 9.22. The van der Waals surface area contributed by atoms with E-state index in [0.29, 0.717) is 18.4 Å². The van der Waals surface area contributed by atoms with E-state index in [9.17, 15) is 9.90 Å². The third-order valence-corrected chi connectivity index (χ3v) is 4.77. The Balaban J connectivity index is 1.92. The molecule has 3 unspecified atom stereocenters. The number of hydrogen-bond acceptors (Lipinski definition) is 4. The first-order valence-electron chi connectivity index (χ1n) is 7.71. The summed E-state index contributed by atoms with van der Waals surface area (Å²) in [5.74, 6) is 0.278. The largest absolute Gasteiger partial charge is 0.469 e. The van der Waals surface area contributed by atoms with E-state index >= 15 is 0 Å². The normalized spacial score (nSPS) is 33.1. The standard InChI is InChI=1S/C15H27NO3/c1-19-15(18)9-11-16-10-5-4-7-13(16)12-6-2-3-8-14(12)17/h12-14,17H,2-11H2,1H3. The molecule has 0 aromatic heterocycles. The van der Waals surface area contributed by atoms with Crippen molar-refractivity contribution < 1.29 is 14.6 Å². The molecular formula is C15H27NO3. The Hall–Kier alpha value is -0.610. The van der Waals surface area contributed by atoms with Gasteiger partial charge < -0.3 is 9.84 Å². The van der Waals surface area contributed by atoms with Gasteiger partial charge in [0.2, 0.25) is 0 Å². The van der Waals surface area contributed by atoms with Crippen LogP contribution in [-0.2, 0) is 9.53 Å². The number of carbonyl (C=O) groups excluding carboxylic acids is 1. The fraction of sp³-hybridized carbons (Fsp3) is 0.933. The van der Waals surface area contributed by atoms with Crippen LogP contribution >= 0.6 is 0 Å². The molecule has 0 bridgehead atoms. The van der Waals surface area contributed by atoms with Crippen LogP contribution in [0.4, 0.5) is 0 Å². The summed E-state index contributed by atoms with van der Waals surface area (Å²) in [7, 11) is 1.45. The maximum Gasteiger partial charge on any atom is 0.306 e. The summed E-state index contributed by atoms with van der Waals surface area (Å²) >= 11 is 0. The van der Waals surface area contributed by atoms with Crippen LogP contribution in [0.1, 0.15) is 51.4 Å². The summed E-state index contributed by atoms with van der Waals surface area (Å²) in [6.07, 6.45) is 8.45. The van der Waals surface area contributed by atoms with Gasteiger partial charge in [-0.05, 0) is 32.2 Å². The molecule has 4 nitrogen and oxygen atoms in total. The highest BCUT2D eigenvalue weighted by molar-refractivity contribution is 5.69. The number of aliphatic hydroxyl groups is 1. The molecule has 0 aromatic carbocycles. The molecule has 0 spiro atoms. The van der Waals surface area contributed by atoms with E-state index in [4.69, 9.17) is 4.74 Å². The van der Waals surface area contributed by atoms with Crippen molar-refractivity contribution in [1.82, 2.24) is 4.90 Å². The number of rotatable bonds is 4. The van der Waals surface area contributed by atoms with Crippen LogP contribution in [0.25, 0.3) is 0 Å². The van der Waals surface area contributed by atoms with E-state index < -0.39 is 0 Å². The smallest absolute Gasteiger partial charge is 0.306 e. The molecule has 2 rings (SSSR count). The predicted molar refractivity (Wildman–Crippen MR) is 73.8 cm³/mol. The van der Waals surface area contributed by atoms with E-state index in [1.807, 2.05) is 0 Å². The molecule has 19 heavy (non-hydrogen) atoms. The number of aliphatic hydroxyl groups excluding tert-OH is 1. The molecule has 3 atom stereocenters. The van der Waals surface area contributed by atoms with Crippen LogP contribution in [0.15, 0.2) is 0 Å². The first kappa shape index (κ1) is 14.8. The number of hydrogen-bond donors (Lipinski definition) is 1. The van der Waals surface area contributed by atoms with Crippen molar-refractivity contribution in [3.8, 4) is 0 Å². The van der Waals surface area contributed by atoms with E-state index in [0.717, 1.165) is 32.4 Å². The Morgan fingerprint density at radius 1 is 1.21 bits per heavy atom. The second kappa shape index (κ2) is 7.25. The predicted octanol–water partition coefficient (Wildman–Crippen LogP) is 1.96. The van der Waals surface area contributed by atoms with Gasteiger partial charge in [0.05, 0.1) is 19.6 Å². The zero-order valence-corrected chi connectivity index (χ0v) is 12.0. The number of likely N-dealkylation sites (tertiary alicyclic amines) is 1. The third-order valence-electron chi connectivity index (χ3n) is 4.77. The van der Waals surface area contributed by atoms with Gasteiger partial charge >= 0.3 is 5.97 Å². The zero-order valence-electron chi connectivity index (χ0n) is 12.0. The van der Waals surface area contributed by atoms with E-state index in [1.54, 1.807) is 0 Å². The van der Waals surface area contributed by atoms with Crippen LogP contribution in [0.3, 0.4) is 0 Å². The van der Waals surface area contributed by atoms with Gasteiger partial charge in [0.15, 0.2) is 0 Å². The van der Waals surface area contributed by atoms with Crippen molar-refractivity contribution in [1.29, 1.82) is 0 Å². The van der Waals surface area contributed by atoms with Crippen LogP contribution in [0.2, 0.25) is 0 Å². The summed E-state index contributed by atoms with van der Waals surface area (Å²) in [6.45, 7) is 1.84. The number of nitrogens with zero attached hydrogens (tertiary/aromatic N) is 1. The number of esters is 1. The molecule has 2 aliphatic rings. The second-order valence-corrected chi connectivity index (χ2v) is 5.94. The molecule has 2 fully saturated rings. The van der Waals surface area contributed by atoms with Gasteiger partial charge in [0, 0.05) is 18.5 Å². The lowest BCUT2D eigenvalue weighted by Crippen LogP contribution is -2.49. The molecule has 1 N–H and O–H groups in total.